The molecule has 0 unspecified atom stereocenters. The number of hydrogen-bond donors (Lipinski definition) is 1. The summed E-state index contributed by atoms with van der Waals surface area (Å²) in [6.07, 6.45) is 4.37. The lowest BCUT2D eigenvalue weighted by Gasteiger charge is -2.29. The Balaban J connectivity index is 1.48. The van der Waals surface area contributed by atoms with Gasteiger partial charge >= 0.3 is 0 Å². The van der Waals surface area contributed by atoms with Crippen molar-refractivity contribution in [3.8, 4) is 22.9 Å². The summed E-state index contributed by atoms with van der Waals surface area (Å²) in [5.41, 5.74) is 3.56. The van der Waals surface area contributed by atoms with E-state index >= 15 is 0 Å². The van der Waals surface area contributed by atoms with E-state index in [0.29, 0.717) is 58.3 Å². The molecule has 1 atom stereocenters. The van der Waals surface area contributed by atoms with Crippen LogP contribution in [0.4, 0.5) is 5.69 Å². The number of rotatable bonds is 6. The molecule has 11 heteroatoms. The third kappa shape index (κ3) is 4.69. The third-order valence-electron chi connectivity index (χ3n) is 5.85. The van der Waals surface area contributed by atoms with Crippen molar-refractivity contribution in [2.75, 3.05) is 38.7 Å². The van der Waals surface area contributed by atoms with E-state index < -0.39 is 6.10 Å². The van der Waals surface area contributed by atoms with Gasteiger partial charge in [0, 0.05) is 35.1 Å². The number of amides is 1. The number of halogens is 2. The van der Waals surface area contributed by atoms with Gasteiger partial charge in [0.1, 0.15) is 29.8 Å². The van der Waals surface area contributed by atoms with Gasteiger partial charge in [0.2, 0.25) is 11.8 Å². The van der Waals surface area contributed by atoms with Crippen molar-refractivity contribution in [3.63, 3.8) is 0 Å². The zero-order valence-corrected chi connectivity index (χ0v) is 21.5. The number of pyridine rings is 2. The first-order valence-corrected chi connectivity index (χ1v) is 12.1. The fraction of sp³-hybridized carbons (Fsp3) is 0.280. The molecular weight excluding hydrogens is 503 g/mol. The molecular formula is C25H24Cl2N6O3. The second kappa shape index (κ2) is 9.93. The number of benzene rings is 1. The van der Waals surface area contributed by atoms with Gasteiger partial charge in [-0.05, 0) is 45.3 Å². The maximum Gasteiger partial charge on any atom is 0.241 e. The number of aromatic amines is 1. The summed E-state index contributed by atoms with van der Waals surface area (Å²) >= 11 is 12.6. The van der Waals surface area contributed by atoms with E-state index in [0.717, 1.165) is 16.5 Å². The van der Waals surface area contributed by atoms with Crippen molar-refractivity contribution in [2.24, 2.45) is 0 Å². The Morgan fingerprint density at radius 1 is 1.22 bits per heavy atom. The number of ether oxygens (including phenoxy) is 2. The topological polar surface area (TPSA) is 96.5 Å². The standard InChI is InChI=1S/C25H24Cl2N6O3/c1-14(23-18(26)11-28-12-19(23)27)36-16-4-5-20-17(9-16)24(31-30-20)15-8-21-25(29-10-15)35-7-6-33(21)22(34)13-32(2)3/h4-5,8-12,14H,6-7,13H2,1-3H3,(H,30,31)/t14-/m1/s1. The van der Waals surface area contributed by atoms with E-state index in [2.05, 4.69) is 20.2 Å². The Hall–Kier alpha value is -3.40. The number of aromatic nitrogens is 4. The summed E-state index contributed by atoms with van der Waals surface area (Å²) in [5, 5.41) is 9.30. The molecule has 186 valence electrons. The first-order valence-electron chi connectivity index (χ1n) is 11.3. The highest BCUT2D eigenvalue weighted by atomic mass is 35.5. The van der Waals surface area contributed by atoms with Crippen LogP contribution < -0.4 is 14.4 Å². The maximum atomic E-state index is 12.8. The van der Waals surface area contributed by atoms with Gasteiger partial charge in [0.05, 0.1) is 28.7 Å². The molecule has 36 heavy (non-hydrogen) atoms. The van der Waals surface area contributed by atoms with Crippen LogP contribution in [0.2, 0.25) is 10.0 Å². The van der Waals surface area contributed by atoms with Crippen molar-refractivity contribution in [2.45, 2.75) is 13.0 Å². The number of fused-ring (bicyclic) bond motifs is 2. The lowest BCUT2D eigenvalue weighted by molar-refractivity contribution is -0.119. The van der Waals surface area contributed by atoms with Crippen LogP contribution in [0.25, 0.3) is 22.2 Å². The van der Waals surface area contributed by atoms with Crippen molar-refractivity contribution >= 4 is 45.7 Å². The van der Waals surface area contributed by atoms with Gasteiger partial charge in [-0.25, -0.2) is 4.98 Å². The third-order valence-corrected chi connectivity index (χ3v) is 6.45. The van der Waals surface area contributed by atoms with Crippen LogP contribution in [0, 0.1) is 0 Å². The average molecular weight is 527 g/mol. The number of hydrogen-bond acceptors (Lipinski definition) is 7. The van der Waals surface area contributed by atoms with Crippen LogP contribution in [0.3, 0.4) is 0 Å². The van der Waals surface area contributed by atoms with E-state index in [1.54, 1.807) is 23.5 Å². The van der Waals surface area contributed by atoms with Crippen LogP contribution in [0.15, 0.2) is 42.9 Å². The molecule has 1 amide bonds. The van der Waals surface area contributed by atoms with Crippen LogP contribution in [-0.2, 0) is 4.79 Å². The normalized spacial score (nSPS) is 14.0. The van der Waals surface area contributed by atoms with Crippen molar-refractivity contribution in [1.82, 2.24) is 25.1 Å². The lowest BCUT2D eigenvalue weighted by Crippen LogP contribution is -2.42. The van der Waals surface area contributed by atoms with E-state index in [-0.39, 0.29) is 5.91 Å². The van der Waals surface area contributed by atoms with Crippen molar-refractivity contribution < 1.29 is 14.3 Å². The Morgan fingerprint density at radius 3 is 2.75 bits per heavy atom. The average Bonchev–Trinajstić information content (AvgIpc) is 3.26. The minimum absolute atomic E-state index is 0.0199. The summed E-state index contributed by atoms with van der Waals surface area (Å²) in [5.74, 6) is 1.04. The minimum atomic E-state index is -0.403. The van der Waals surface area contributed by atoms with E-state index in [1.807, 2.05) is 50.2 Å². The molecule has 0 spiro atoms. The quantitative estimate of drug-likeness (QED) is 0.387. The Labute approximate surface area is 217 Å². The Bertz CT molecular complexity index is 1420. The molecule has 0 bridgehead atoms. The Kier molecular flexibility index (Phi) is 6.70. The largest absolute Gasteiger partial charge is 0.486 e. The smallest absolute Gasteiger partial charge is 0.241 e. The molecule has 0 fully saturated rings. The zero-order chi connectivity index (χ0) is 25.4. The summed E-state index contributed by atoms with van der Waals surface area (Å²) in [7, 11) is 3.72. The number of anilines is 1. The fourth-order valence-electron chi connectivity index (χ4n) is 4.20. The molecule has 4 heterocycles. The predicted octanol–water partition coefficient (Wildman–Crippen LogP) is 4.75. The van der Waals surface area contributed by atoms with Gasteiger partial charge in [-0.1, -0.05) is 23.2 Å². The maximum absolute atomic E-state index is 12.8. The first kappa shape index (κ1) is 24.3. The van der Waals surface area contributed by atoms with Gasteiger partial charge in [-0.3, -0.25) is 14.9 Å². The number of likely N-dealkylation sites (N-methyl/N-ethyl adjacent to an activating group) is 1. The molecule has 0 radical (unpaired) electrons. The predicted molar refractivity (Wildman–Crippen MR) is 139 cm³/mol. The molecule has 0 saturated heterocycles. The SMILES string of the molecule is C[C@@H](Oc1ccc2[nH]nc(-c3cnc4c(c3)N(C(=O)CN(C)C)CCO4)c2c1)c1c(Cl)cncc1Cl. The molecule has 1 aliphatic rings. The molecule has 5 rings (SSSR count). The Morgan fingerprint density at radius 2 is 2.00 bits per heavy atom. The fourth-order valence-corrected chi connectivity index (χ4v) is 4.87. The molecule has 0 aliphatic carbocycles. The highest BCUT2D eigenvalue weighted by molar-refractivity contribution is 6.35. The molecule has 1 aromatic carbocycles. The monoisotopic (exact) mass is 526 g/mol. The number of carbonyl (C=O) groups excluding carboxylic acids is 1. The molecule has 4 aromatic rings. The highest BCUT2D eigenvalue weighted by Crippen LogP contribution is 2.37. The van der Waals surface area contributed by atoms with Gasteiger partial charge in [-0.15, -0.1) is 0 Å². The molecule has 1 N–H and O–H groups in total. The molecule has 1 aliphatic heterocycles. The summed E-state index contributed by atoms with van der Waals surface area (Å²) in [6.45, 7) is 3.02. The highest BCUT2D eigenvalue weighted by Gasteiger charge is 2.26. The van der Waals surface area contributed by atoms with Crippen LogP contribution >= 0.6 is 23.2 Å². The summed E-state index contributed by atoms with van der Waals surface area (Å²) < 4.78 is 11.9. The van der Waals surface area contributed by atoms with Crippen molar-refractivity contribution in [1.29, 1.82) is 0 Å². The van der Waals surface area contributed by atoms with Crippen LogP contribution in [0.5, 0.6) is 11.6 Å². The molecule has 3 aromatic heterocycles. The number of carbonyl (C=O) groups is 1. The van der Waals surface area contributed by atoms with Crippen LogP contribution in [0.1, 0.15) is 18.6 Å². The summed E-state index contributed by atoms with van der Waals surface area (Å²) in [4.78, 5) is 24.9. The minimum Gasteiger partial charge on any atom is -0.486 e. The van der Waals surface area contributed by atoms with Crippen LogP contribution in [-0.4, -0.2) is 64.8 Å². The van der Waals surface area contributed by atoms with E-state index in [1.165, 1.54) is 0 Å². The first-order chi connectivity index (χ1) is 17.3. The molecule has 9 nitrogen and oxygen atoms in total. The van der Waals surface area contributed by atoms with E-state index in [4.69, 9.17) is 32.7 Å². The van der Waals surface area contributed by atoms with Gasteiger partial charge in [0.25, 0.3) is 0 Å². The summed E-state index contributed by atoms with van der Waals surface area (Å²) in [6, 6.07) is 7.53. The lowest BCUT2D eigenvalue weighted by atomic mass is 10.1. The number of H-pyrrole nitrogens is 1. The number of nitrogens with zero attached hydrogens (tertiary/aromatic N) is 5. The van der Waals surface area contributed by atoms with Gasteiger partial charge in [0.15, 0.2) is 0 Å². The van der Waals surface area contributed by atoms with Crippen molar-refractivity contribution in [3.05, 3.63) is 58.5 Å². The molecule has 0 saturated carbocycles. The zero-order valence-electron chi connectivity index (χ0n) is 20.0. The van der Waals surface area contributed by atoms with Gasteiger partial charge in [-0.2, -0.15) is 5.10 Å². The second-order valence-electron chi connectivity index (χ2n) is 8.74. The van der Waals surface area contributed by atoms with Gasteiger partial charge < -0.3 is 19.3 Å². The number of nitrogens with one attached hydrogen (secondary N) is 1. The van der Waals surface area contributed by atoms with E-state index in [9.17, 15) is 4.79 Å². The second-order valence-corrected chi connectivity index (χ2v) is 9.55.